The number of hydrogen-bond acceptors (Lipinski definition) is 5. The highest BCUT2D eigenvalue weighted by molar-refractivity contribution is 5.84. The zero-order valence-electron chi connectivity index (χ0n) is 14.8. The summed E-state index contributed by atoms with van der Waals surface area (Å²) in [6, 6.07) is 7.17. The number of amides is 3. The summed E-state index contributed by atoms with van der Waals surface area (Å²) < 4.78 is 12.8. The second-order valence-electron chi connectivity index (χ2n) is 6.08. The van der Waals surface area contributed by atoms with Crippen LogP contribution < -0.4 is 15.5 Å². The number of urea groups is 1. The van der Waals surface area contributed by atoms with Gasteiger partial charge in [0.2, 0.25) is 11.9 Å². The number of aromatic nitrogens is 2. The topological polar surface area (TPSA) is 90.5 Å². The van der Waals surface area contributed by atoms with Crippen molar-refractivity contribution in [3.8, 4) is 0 Å². The van der Waals surface area contributed by atoms with Crippen molar-refractivity contribution in [2.45, 2.75) is 6.54 Å². The van der Waals surface area contributed by atoms with Gasteiger partial charge in [-0.3, -0.25) is 4.79 Å². The zero-order chi connectivity index (χ0) is 19.1. The molecule has 0 aliphatic carbocycles. The van der Waals surface area contributed by atoms with Crippen LogP contribution in [0, 0.1) is 5.82 Å². The average Bonchev–Trinajstić information content (AvgIpc) is 2.72. The van der Waals surface area contributed by atoms with Gasteiger partial charge >= 0.3 is 6.03 Å². The molecule has 3 rings (SSSR count). The van der Waals surface area contributed by atoms with Crippen LogP contribution in [0.1, 0.15) is 5.56 Å². The van der Waals surface area contributed by atoms with Crippen molar-refractivity contribution in [2.75, 3.05) is 37.6 Å². The fourth-order valence-electron chi connectivity index (χ4n) is 2.73. The molecule has 9 heteroatoms. The molecule has 2 aromatic rings. The molecule has 1 aliphatic rings. The lowest BCUT2D eigenvalue weighted by molar-refractivity contribution is -0.130. The van der Waals surface area contributed by atoms with Gasteiger partial charge in [-0.1, -0.05) is 12.1 Å². The summed E-state index contributed by atoms with van der Waals surface area (Å²) in [6.45, 7) is 2.58. The Morgan fingerprint density at radius 3 is 2.33 bits per heavy atom. The van der Waals surface area contributed by atoms with Gasteiger partial charge in [0.25, 0.3) is 0 Å². The van der Waals surface area contributed by atoms with Crippen molar-refractivity contribution in [3.63, 3.8) is 0 Å². The molecule has 0 unspecified atom stereocenters. The predicted octanol–water partition coefficient (Wildman–Crippen LogP) is 0.764. The highest BCUT2D eigenvalue weighted by atomic mass is 19.1. The number of carbonyl (C=O) groups is 2. The highest BCUT2D eigenvalue weighted by Crippen LogP contribution is 2.09. The van der Waals surface area contributed by atoms with Crippen LogP contribution in [0.2, 0.25) is 0 Å². The Hall–Kier alpha value is -3.23. The fourth-order valence-corrected chi connectivity index (χ4v) is 2.73. The normalized spacial score (nSPS) is 14.0. The molecule has 0 atom stereocenters. The molecule has 1 aromatic carbocycles. The Labute approximate surface area is 156 Å². The van der Waals surface area contributed by atoms with Gasteiger partial charge in [0, 0.05) is 45.1 Å². The van der Waals surface area contributed by atoms with Crippen LogP contribution >= 0.6 is 0 Å². The van der Waals surface area contributed by atoms with Gasteiger partial charge in [-0.25, -0.2) is 19.2 Å². The van der Waals surface area contributed by atoms with Gasteiger partial charge < -0.3 is 20.4 Å². The molecule has 0 bridgehead atoms. The van der Waals surface area contributed by atoms with E-state index in [9.17, 15) is 14.0 Å². The van der Waals surface area contributed by atoms with E-state index in [-0.39, 0.29) is 24.8 Å². The van der Waals surface area contributed by atoms with E-state index in [1.165, 1.54) is 12.1 Å². The summed E-state index contributed by atoms with van der Waals surface area (Å²) in [5.41, 5.74) is 0.775. The van der Waals surface area contributed by atoms with E-state index in [1.54, 1.807) is 35.5 Å². The number of carbonyl (C=O) groups excluding carboxylic acids is 2. The van der Waals surface area contributed by atoms with Crippen molar-refractivity contribution in [3.05, 3.63) is 54.1 Å². The lowest BCUT2D eigenvalue weighted by Gasteiger charge is -2.34. The molecule has 8 nitrogen and oxygen atoms in total. The third-order valence-corrected chi connectivity index (χ3v) is 4.23. The lowest BCUT2D eigenvalue weighted by atomic mass is 10.2. The van der Waals surface area contributed by atoms with E-state index in [0.29, 0.717) is 32.1 Å². The summed E-state index contributed by atoms with van der Waals surface area (Å²) in [6.07, 6.45) is 3.38. The van der Waals surface area contributed by atoms with Gasteiger partial charge in [-0.2, -0.15) is 0 Å². The molecule has 1 aromatic heterocycles. The first-order valence-corrected chi connectivity index (χ1v) is 8.68. The minimum absolute atomic E-state index is 0.0723. The summed E-state index contributed by atoms with van der Waals surface area (Å²) in [4.78, 5) is 36.2. The second kappa shape index (κ2) is 8.93. The molecule has 0 saturated carbocycles. The number of nitrogens with zero attached hydrogens (tertiary/aromatic N) is 4. The number of rotatable bonds is 5. The Morgan fingerprint density at radius 2 is 1.67 bits per heavy atom. The van der Waals surface area contributed by atoms with Gasteiger partial charge in [0.05, 0.1) is 6.54 Å². The van der Waals surface area contributed by atoms with E-state index in [1.807, 2.05) is 4.90 Å². The van der Waals surface area contributed by atoms with Crippen molar-refractivity contribution in [1.29, 1.82) is 0 Å². The average molecular weight is 372 g/mol. The van der Waals surface area contributed by atoms with Crippen LogP contribution in [0.15, 0.2) is 42.7 Å². The van der Waals surface area contributed by atoms with Crippen LogP contribution in [-0.4, -0.2) is 59.5 Å². The van der Waals surface area contributed by atoms with Gasteiger partial charge in [-0.05, 0) is 23.8 Å². The van der Waals surface area contributed by atoms with E-state index in [0.717, 1.165) is 5.56 Å². The second-order valence-corrected chi connectivity index (χ2v) is 6.08. The van der Waals surface area contributed by atoms with Crippen LogP contribution in [0.5, 0.6) is 0 Å². The van der Waals surface area contributed by atoms with Gasteiger partial charge in [0.15, 0.2) is 0 Å². The molecule has 1 aliphatic heterocycles. The van der Waals surface area contributed by atoms with E-state index < -0.39 is 6.03 Å². The van der Waals surface area contributed by atoms with Crippen molar-refractivity contribution < 1.29 is 14.0 Å². The Kier molecular flexibility index (Phi) is 6.14. The summed E-state index contributed by atoms with van der Waals surface area (Å²) in [5, 5.41) is 5.19. The minimum Gasteiger partial charge on any atom is -0.338 e. The quantitative estimate of drug-likeness (QED) is 0.809. The summed E-state index contributed by atoms with van der Waals surface area (Å²) in [5.74, 6) is 0.191. The zero-order valence-corrected chi connectivity index (χ0v) is 14.8. The number of hydrogen-bond donors (Lipinski definition) is 2. The predicted molar refractivity (Wildman–Crippen MR) is 97.5 cm³/mol. The van der Waals surface area contributed by atoms with Crippen molar-refractivity contribution in [2.24, 2.45) is 0 Å². The molecule has 0 radical (unpaired) electrons. The van der Waals surface area contributed by atoms with E-state index >= 15 is 0 Å². The maximum absolute atomic E-state index is 12.8. The Morgan fingerprint density at radius 1 is 1.00 bits per heavy atom. The van der Waals surface area contributed by atoms with Crippen LogP contribution in [0.4, 0.5) is 15.1 Å². The molecule has 27 heavy (non-hydrogen) atoms. The molecule has 1 fully saturated rings. The molecule has 0 spiro atoms. The van der Waals surface area contributed by atoms with Crippen LogP contribution in [0.25, 0.3) is 0 Å². The number of piperazine rings is 1. The van der Waals surface area contributed by atoms with Gasteiger partial charge in [0.1, 0.15) is 5.82 Å². The summed E-state index contributed by atoms with van der Waals surface area (Å²) in [7, 11) is 0. The highest BCUT2D eigenvalue weighted by Gasteiger charge is 2.22. The van der Waals surface area contributed by atoms with E-state index in [2.05, 4.69) is 20.6 Å². The maximum atomic E-state index is 12.8. The van der Waals surface area contributed by atoms with Crippen LogP contribution in [0.3, 0.4) is 0 Å². The fraction of sp³-hybridized carbons (Fsp3) is 0.333. The SMILES string of the molecule is O=C(NCC(=O)N1CCN(c2ncccn2)CC1)NCc1ccc(F)cc1. The molecule has 2 N–H and O–H groups in total. The Bertz CT molecular complexity index is 763. The van der Waals surface area contributed by atoms with Gasteiger partial charge in [-0.15, -0.1) is 0 Å². The van der Waals surface area contributed by atoms with Crippen molar-refractivity contribution in [1.82, 2.24) is 25.5 Å². The first kappa shape index (κ1) is 18.6. The Balaban J connectivity index is 1.37. The summed E-state index contributed by atoms with van der Waals surface area (Å²) >= 11 is 0. The number of anilines is 1. The number of benzene rings is 1. The molecule has 1 saturated heterocycles. The third-order valence-electron chi connectivity index (χ3n) is 4.23. The smallest absolute Gasteiger partial charge is 0.315 e. The monoisotopic (exact) mass is 372 g/mol. The lowest BCUT2D eigenvalue weighted by Crippen LogP contribution is -2.52. The van der Waals surface area contributed by atoms with E-state index in [4.69, 9.17) is 0 Å². The molecule has 142 valence electrons. The molecular weight excluding hydrogens is 351 g/mol. The first-order valence-electron chi connectivity index (χ1n) is 8.68. The van der Waals surface area contributed by atoms with Crippen molar-refractivity contribution >= 4 is 17.9 Å². The molecule has 2 heterocycles. The maximum Gasteiger partial charge on any atom is 0.315 e. The first-order chi connectivity index (χ1) is 13.1. The van der Waals surface area contributed by atoms with Crippen LogP contribution in [-0.2, 0) is 11.3 Å². The minimum atomic E-state index is -0.441. The largest absolute Gasteiger partial charge is 0.338 e. The molecular formula is C18H21FN6O2. The molecule has 3 amide bonds. The standard InChI is InChI=1S/C18H21FN6O2/c19-15-4-2-14(3-5-15)12-22-18(27)23-13-16(26)24-8-10-25(11-9-24)17-20-6-1-7-21-17/h1-7H,8-13H2,(H2,22,23,27). The third kappa shape index (κ3) is 5.37. The number of nitrogens with one attached hydrogen (secondary N) is 2. The number of halogens is 1.